The summed E-state index contributed by atoms with van der Waals surface area (Å²) >= 11 is 17.4. The third kappa shape index (κ3) is 3.16. The van der Waals surface area contributed by atoms with Gasteiger partial charge < -0.3 is 5.32 Å². The minimum Gasteiger partial charge on any atom is -0.365 e. The zero-order chi connectivity index (χ0) is 12.6. The van der Waals surface area contributed by atoms with Crippen LogP contribution in [0.5, 0.6) is 0 Å². The summed E-state index contributed by atoms with van der Waals surface area (Å²) in [5.74, 6) is 0.637. The molecular weight excluding hydrogens is 307 g/mol. The van der Waals surface area contributed by atoms with E-state index in [9.17, 15) is 8.42 Å². The van der Waals surface area contributed by atoms with E-state index < -0.39 is 9.84 Å². The molecule has 1 aliphatic heterocycles. The fraction of sp³-hybridized carbons (Fsp3) is 0.444. The van der Waals surface area contributed by atoms with E-state index in [0.29, 0.717) is 17.3 Å². The van der Waals surface area contributed by atoms with Crippen LogP contribution in [0.15, 0.2) is 6.07 Å². The summed E-state index contributed by atoms with van der Waals surface area (Å²) < 4.78 is 22.6. The normalized spacial score (nSPS) is 22.6. The molecule has 0 spiro atoms. The topological polar surface area (TPSA) is 59.1 Å². The van der Waals surface area contributed by atoms with Gasteiger partial charge in [0.2, 0.25) is 0 Å². The van der Waals surface area contributed by atoms with Crippen molar-refractivity contribution in [2.75, 3.05) is 16.8 Å². The molecule has 0 bridgehead atoms. The Balaban J connectivity index is 2.17. The minimum absolute atomic E-state index is 0.0885. The van der Waals surface area contributed by atoms with Crippen LogP contribution in [0, 0.1) is 0 Å². The van der Waals surface area contributed by atoms with Gasteiger partial charge in [0.1, 0.15) is 11.0 Å². The van der Waals surface area contributed by atoms with Gasteiger partial charge in [0.25, 0.3) is 0 Å². The molecule has 0 aliphatic carbocycles. The van der Waals surface area contributed by atoms with Crippen molar-refractivity contribution in [2.45, 2.75) is 12.5 Å². The summed E-state index contributed by atoms with van der Waals surface area (Å²) in [6, 6.07) is 1.30. The van der Waals surface area contributed by atoms with Crippen molar-refractivity contribution in [3.05, 3.63) is 21.3 Å². The SMILES string of the molecule is O=S1(=O)CCC(Nc2nc(Cl)c(Cl)cc2Cl)C1. The number of hydrogen-bond donors (Lipinski definition) is 1. The lowest BCUT2D eigenvalue weighted by Crippen LogP contribution is -2.21. The molecule has 2 rings (SSSR count). The van der Waals surface area contributed by atoms with Crippen LogP contribution in [0.25, 0.3) is 0 Å². The van der Waals surface area contributed by atoms with Crippen molar-refractivity contribution < 1.29 is 8.42 Å². The second-order valence-electron chi connectivity index (χ2n) is 3.84. The maximum atomic E-state index is 11.3. The quantitative estimate of drug-likeness (QED) is 0.852. The van der Waals surface area contributed by atoms with E-state index in [-0.39, 0.29) is 27.7 Å². The van der Waals surface area contributed by atoms with Gasteiger partial charge in [-0.3, -0.25) is 0 Å². The molecule has 94 valence electrons. The van der Waals surface area contributed by atoms with Crippen LogP contribution >= 0.6 is 34.8 Å². The second-order valence-corrected chi connectivity index (χ2v) is 7.24. The fourth-order valence-electron chi connectivity index (χ4n) is 1.65. The largest absolute Gasteiger partial charge is 0.365 e. The Labute approximate surface area is 114 Å². The Kier molecular flexibility index (Phi) is 3.73. The minimum atomic E-state index is -2.94. The van der Waals surface area contributed by atoms with Crippen molar-refractivity contribution in [2.24, 2.45) is 0 Å². The maximum Gasteiger partial charge on any atom is 0.152 e. The van der Waals surface area contributed by atoms with Gasteiger partial charge in [-0.2, -0.15) is 0 Å². The predicted octanol–water partition coefficient (Wildman–Crippen LogP) is 2.64. The number of anilines is 1. The standard InChI is InChI=1S/C9H9Cl3N2O2S/c10-6-3-7(11)9(14-8(6)12)13-5-1-2-17(15,16)4-5/h3,5H,1-2,4H2,(H,13,14). The smallest absolute Gasteiger partial charge is 0.152 e. The monoisotopic (exact) mass is 314 g/mol. The highest BCUT2D eigenvalue weighted by Crippen LogP contribution is 2.30. The maximum absolute atomic E-state index is 11.3. The Morgan fingerprint density at radius 2 is 2.00 bits per heavy atom. The van der Waals surface area contributed by atoms with E-state index in [0.717, 1.165) is 0 Å². The van der Waals surface area contributed by atoms with E-state index in [1.807, 2.05) is 0 Å². The zero-order valence-electron chi connectivity index (χ0n) is 8.58. The molecule has 17 heavy (non-hydrogen) atoms. The molecule has 1 atom stereocenters. The molecule has 0 amide bonds. The number of sulfone groups is 1. The lowest BCUT2D eigenvalue weighted by Gasteiger charge is -2.13. The van der Waals surface area contributed by atoms with Crippen LogP contribution in [0.1, 0.15) is 6.42 Å². The molecule has 4 nitrogen and oxygen atoms in total. The van der Waals surface area contributed by atoms with E-state index in [1.165, 1.54) is 6.07 Å². The highest BCUT2D eigenvalue weighted by Gasteiger charge is 2.28. The lowest BCUT2D eigenvalue weighted by atomic mass is 10.2. The molecule has 1 N–H and O–H groups in total. The second kappa shape index (κ2) is 4.80. The Morgan fingerprint density at radius 1 is 1.29 bits per heavy atom. The van der Waals surface area contributed by atoms with Crippen LogP contribution in [-0.2, 0) is 9.84 Å². The van der Waals surface area contributed by atoms with Crippen LogP contribution in [0.4, 0.5) is 5.82 Å². The van der Waals surface area contributed by atoms with Crippen molar-refractivity contribution in [1.29, 1.82) is 0 Å². The Hall–Kier alpha value is -0.230. The van der Waals surface area contributed by atoms with Gasteiger partial charge in [-0.1, -0.05) is 34.8 Å². The number of nitrogens with zero attached hydrogens (tertiary/aromatic N) is 1. The van der Waals surface area contributed by atoms with Crippen molar-refractivity contribution in [1.82, 2.24) is 4.98 Å². The predicted molar refractivity (Wildman–Crippen MR) is 69.9 cm³/mol. The first-order valence-corrected chi connectivity index (χ1v) is 7.81. The van der Waals surface area contributed by atoms with Crippen LogP contribution in [0.2, 0.25) is 15.2 Å². The number of aromatic nitrogens is 1. The molecule has 0 saturated carbocycles. The van der Waals surface area contributed by atoms with Gasteiger partial charge in [-0.25, -0.2) is 13.4 Å². The molecule has 1 aromatic heterocycles. The Morgan fingerprint density at radius 3 is 2.59 bits per heavy atom. The highest BCUT2D eigenvalue weighted by atomic mass is 35.5. The molecule has 0 radical (unpaired) electrons. The molecule has 1 unspecified atom stereocenters. The molecule has 1 saturated heterocycles. The summed E-state index contributed by atoms with van der Waals surface area (Å²) in [5, 5.41) is 3.69. The first-order valence-electron chi connectivity index (χ1n) is 4.86. The average Bonchev–Trinajstić information content (AvgIpc) is 2.54. The summed E-state index contributed by atoms with van der Waals surface area (Å²) in [6.07, 6.45) is 0.542. The van der Waals surface area contributed by atoms with Crippen molar-refractivity contribution >= 4 is 50.5 Å². The number of halogens is 3. The van der Waals surface area contributed by atoms with Crippen LogP contribution in [-0.4, -0.2) is 30.9 Å². The first-order chi connectivity index (χ1) is 7.87. The van der Waals surface area contributed by atoms with Gasteiger partial charge in [-0.15, -0.1) is 0 Å². The number of pyridine rings is 1. The number of rotatable bonds is 2. The zero-order valence-corrected chi connectivity index (χ0v) is 11.7. The van der Waals surface area contributed by atoms with Gasteiger partial charge in [0.05, 0.1) is 21.6 Å². The number of nitrogens with one attached hydrogen (secondary N) is 1. The molecular formula is C9H9Cl3N2O2S. The number of hydrogen-bond acceptors (Lipinski definition) is 4. The van der Waals surface area contributed by atoms with E-state index in [4.69, 9.17) is 34.8 Å². The summed E-state index contributed by atoms with van der Waals surface area (Å²) in [5.41, 5.74) is 0. The molecule has 2 heterocycles. The average molecular weight is 316 g/mol. The van der Waals surface area contributed by atoms with Crippen molar-refractivity contribution in [3.63, 3.8) is 0 Å². The molecule has 1 aromatic rings. The van der Waals surface area contributed by atoms with Crippen molar-refractivity contribution in [3.8, 4) is 0 Å². The lowest BCUT2D eigenvalue weighted by molar-refractivity contribution is 0.602. The molecule has 8 heteroatoms. The van der Waals surface area contributed by atoms with E-state index in [1.54, 1.807) is 0 Å². The third-order valence-electron chi connectivity index (χ3n) is 2.46. The van der Waals surface area contributed by atoms with Gasteiger partial charge in [0, 0.05) is 6.04 Å². The van der Waals surface area contributed by atoms with E-state index in [2.05, 4.69) is 10.3 Å². The highest BCUT2D eigenvalue weighted by molar-refractivity contribution is 7.91. The fourth-order valence-corrected chi connectivity index (χ4v) is 3.87. The van der Waals surface area contributed by atoms with Gasteiger partial charge >= 0.3 is 0 Å². The van der Waals surface area contributed by atoms with Crippen LogP contribution < -0.4 is 5.32 Å². The summed E-state index contributed by atoms with van der Waals surface area (Å²) in [6.45, 7) is 0. The first kappa shape index (κ1) is 13.2. The summed E-state index contributed by atoms with van der Waals surface area (Å²) in [7, 11) is -2.94. The van der Waals surface area contributed by atoms with Crippen LogP contribution in [0.3, 0.4) is 0 Å². The molecule has 0 aromatic carbocycles. The summed E-state index contributed by atoms with van der Waals surface area (Å²) in [4.78, 5) is 3.98. The Bertz CT molecular complexity index is 547. The van der Waals surface area contributed by atoms with Gasteiger partial charge in [0.15, 0.2) is 9.84 Å². The van der Waals surface area contributed by atoms with E-state index >= 15 is 0 Å². The third-order valence-corrected chi connectivity index (χ3v) is 5.19. The van der Waals surface area contributed by atoms with Gasteiger partial charge in [-0.05, 0) is 12.5 Å². The molecule has 1 fully saturated rings. The molecule has 1 aliphatic rings.